The highest BCUT2D eigenvalue weighted by Crippen LogP contribution is 2.37. The molecular weight excluding hydrogens is 250 g/mol. The second kappa shape index (κ2) is 4.53. The fourth-order valence-corrected chi connectivity index (χ4v) is 4.57. The molecule has 0 radical (unpaired) electrons. The summed E-state index contributed by atoms with van der Waals surface area (Å²) < 4.78 is 0. The molecule has 2 N–H and O–H groups in total. The number of hydrogen-bond donors (Lipinski definition) is 1. The summed E-state index contributed by atoms with van der Waals surface area (Å²) in [6.45, 7) is 1.82. The summed E-state index contributed by atoms with van der Waals surface area (Å²) in [5.41, 5.74) is 6.30. The number of guanidine groups is 1. The van der Waals surface area contributed by atoms with Crippen molar-refractivity contribution in [3.8, 4) is 0 Å². The van der Waals surface area contributed by atoms with Gasteiger partial charge in [0, 0.05) is 4.88 Å². The van der Waals surface area contributed by atoms with Gasteiger partial charge in [-0.05, 0) is 35.8 Å². The molecule has 0 unspecified atom stereocenters. The Morgan fingerprint density at radius 2 is 2.24 bits per heavy atom. The van der Waals surface area contributed by atoms with Crippen molar-refractivity contribution in [2.24, 2.45) is 10.7 Å². The summed E-state index contributed by atoms with van der Waals surface area (Å²) in [5, 5.41) is 2.13. The lowest BCUT2D eigenvalue weighted by Crippen LogP contribution is -2.52. The zero-order valence-electron chi connectivity index (χ0n) is 9.76. The number of nitrogens with two attached hydrogens (primary N) is 1. The number of thioether (sulfide) groups is 1. The molecule has 2 aliphatic heterocycles. The van der Waals surface area contributed by atoms with Crippen molar-refractivity contribution < 1.29 is 0 Å². The van der Waals surface area contributed by atoms with Crippen molar-refractivity contribution in [1.82, 2.24) is 4.90 Å². The molecule has 0 bridgehead atoms. The van der Waals surface area contributed by atoms with E-state index in [1.165, 1.54) is 29.2 Å². The molecule has 0 aliphatic carbocycles. The lowest BCUT2D eigenvalue weighted by Gasteiger charge is -2.41. The molecule has 0 amide bonds. The maximum atomic E-state index is 6.07. The van der Waals surface area contributed by atoms with E-state index in [0.29, 0.717) is 0 Å². The summed E-state index contributed by atoms with van der Waals surface area (Å²) in [6, 6.07) is 4.29. The Bertz CT molecular complexity index is 407. The first-order valence-corrected chi connectivity index (χ1v) is 8.01. The Kier molecular flexibility index (Phi) is 3.04. The summed E-state index contributed by atoms with van der Waals surface area (Å²) in [6.07, 6.45) is 2.43. The monoisotopic (exact) mass is 267 g/mol. The molecule has 1 fully saturated rings. The van der Waals surface area contributed by atoms with E-state index in [1.807, 2.05) is 0 Å². The largest absolute Gasteiger partial charge is 0.370 e. The van der Waals surface area contributed by atoms with Gasteiger partial charge in [0.15, 0.2) is 5.96 Å². The third-order valence-electron chi connectivity index (χ3n) is 3.70. The zero-order chi connectivity index (χ0) is 11.7. The van der Waals surface area contributed by atoms with Crippen LogP contribution in [0.3, 0.4) is 0 Å². The number of thiophene rings is 1. The van der Waals surface area contributed by atoms with E-state index in [4.69, 9.17) is 5.73 Å². The minimum atomic E-state index is 0.222. The van der Waals surface area contributed by atoms with Gasteiger partial charge < -0.3 is 10.6 Å². The number of nitrogens with zero attached hydrogens (tertiary/aromatic N) is 2. The van der Waals surface area contributed by atoms with Crippen LogP contribution in [0.2, 0.25) is 0 Å². The average molecular weight is 267 g/mol. The fourth-order valence-electron chi connectivity index (χ4n) is 2.63. The van der Waals surface area contributed by atoms with Gasteiger partial charge in [0.25, 0.3) is 0 Å². The maximum absolute atomic E-state index is 6.07. The van der Waals surface area contributed by atoms with Gasteiger partial charge in [-0.2, -0.15) is 11.8 Å². The molecule has 0 aromatic carbocycles. The average Bonchev–Trinajstić information content (AvgIpc) is 2.95. The van der Waals surface area contributed by atoms with Crippen LogP contribution >= 0.6 is 23.1 Å². The van der Waals surface area contributed by atoms with Gasteiger partial charge in [-0.15, -0.1) is 11.3 Å². The molecule has 1 spiro atoms. The van der Waals surface area contributed by atoms with Crippen LogP contribution in [0, 0.1) is 0 Å². The highest BCUT2D eigenvalue weighted by atomic mass is 32.2. The molecule has 3 rings (SSSR count). The van der Waals surface area contributed by atoms with E-state index >= 15 is 0 Å². The lowest BCUT2D eigenvalue weighted by atomic mass is 9.91. The van der Waals surface area contributed by atoms with E-state index < -0.39 is 0 Å². The summed E-state index contributed by atoms with van der Waals surface area (Å²) in [5.74, 6) is 3.22. The lowest BCUT2D eigenvalue weighted by molar-refractivity contribution is 0.179. The topological polar surface area (TPSA) is 41.6 Å². The Morgan fingerprint density at radius 1 is 1.41 bits per heavy atom. The highest BCUT2D eigenvalue weighted by molar-refractivity contribution is 7.99. The summed E-state index contributed by atoms with van der Waals surface area (Å²) in [7, 11) is 0. The van der Waals surface area contributed by atoms with Crippen molar-refractivity contribution in [3.05, 3.63) is 22.4 Å². The van der Waals surface area contributed by atoms with Crippen molar-refractivity contribution >= 4 is 29.1 Å². The van der Waals surface area contributed by atoms with E-state index in [-0.39, 0.29) is 5.54 Å². The van der Waals surface area contributed by atoms with Gasteiger partial charge in [0.2, 0.25) is 0 Å². The predicted octanol–water partition coefficient (Wildman–Crippen LogP) is 2.14. The van der Waals surface area contributed by atoms with Gasteiger partial charge in [0.05, 0.1) is 18.6 Å². The first-order valence-electron chi connectivity index (χ1n) is 5.98. The van der Waals surface area contributed by atoms with E-state index in [1.54, 1.807) is 11.3 Å². The molecular formula is C12H17N3S2. The van der Waals surface area contributed by atoms with Crippen LogP contribution in [0.25, 0.3) is 0 Å². The van der Waals surface area contributed by atoms with Gasteiger partial charge in [0.1, 0.15) is 0 Å². The minimum Gasteiger partial charge on any atom is -0.370 e. The van der Waals surface area contributed by atoms with Crippen LogP contribution in [0.4, 0.5) is 0 Å². The van der Waals surface area contributed by atoms with E-state index in [9.17, 15) is 0 Å². The normalized spacial score (nSPS) is 23.1. The number of hydrogen-bond acceptors (Lipinski definition) is 5. The molecule has 1 saturated heterocycles. The van der Waals surface area contributed by atoms with Crippen LogP contribution in [0.15, 0.2) is 22.5 Å². The summed E-state index contributed by atoms with van der Waals surface area (Å²) in [4.78, 5) is 8.21. The second-order valence-corrected chi connectivity index (χ2v) is 6.93. The maximum Gasteiger partial charge on any atom is 0.192 e. The molecule has 1 aromatic rings. The third kappa shape index (κ3) is 2.06. The van der Waals surface area contributed by atoms with Crippen molar-refractivity contribution in [2.75, 3.05) is 18.1 Å². The SMILES string of the molecule is NC1=NCC2(CCSCC2)N1Cc1cccs1. The Balaban J connectivity index is 1.81. The molecule has 3 heterocycles. The smallest absolute Gasteiger partial charge is 0.192 e. The first-order chi connectivity index (χ1) is 8.30. The highest BCUT2D eigenvalue weighted by Gasteiger charge is 2.42. The number of aliphatic imine (C=N–C) groups is 1. The standard InChI is InChI=1S/C12H17N3S2/c13-11-14-9-12(3-6-16-7-4-12)15(11)8-10-2-1-5-17-10/h1-2,5H,3-4,6-9H2,(H2,13,14). The molecule has 0 saturated carbocycles. The Labute approximate surface area is 110 Å². The minimum absolute atomic E-state index is 0.222. The molecule has 17 heavy (non-hydrogen) atoms. The Morgan fingerprint density at radius 3 is 2.94 bits per heavy atom. The van der Waals surface area contributed by atoms with E-state index in [0.717, 1.165) is 19.0 Å². The van der Waals surface area contributed by atoms with Crippen LogP contribution in [0.5, 0.6) is 0 Å². The van der Waals surface area contributed by atoms with Crippen LogP contribution in [0.1, 0.15) is 17.7 Å². The summed E-state index contributed by atoms with van der Waals surface area (Å²) >= 11 is 3.85. The molecule has 5 heteroatoms. The van der Waals surface area contributed by atoms with Crippen LogP contribution < -0.4 is 5.73 Å². The molecule has 1 aromatic heterocycles. The Hall–Kier alpha value is -0.680. The zero-order valence-corrected chi connectivity index (χ0v) is 11.4. The first kappa shape index (κ1) is 11.4. The van der Waals surface area contributed by atoms with Crippen molar-refractivity contribution in [1.29, 1.82) is 0 Å². The van der Waals surface area contributed by atoms with Gasteiger partial charge in [-0.3, -0.25) is 4.99 Å². The number of rotatable bonds is 2. The van der Waals surface area contributed by atoms with E-state index in [2.05, 4.69) is 39.2 Å². The molecule has 0 atom stereocenters. The molecule has 92 valence electrons. The van der Waals surface area contributed by atoms with Gasteiger partial charge in [-0.1, -0.05) is 6.07 Å². The molecule has 3 nitrogen and oxygen atoms in total. The quantitative estimate of drug-likeness (QED) is 0.892. The predicted molar refractivity (Wildman–Crippen MR) is 75.6 cm³/mol. The van der Waals surface area contributed by atoms with Crippen molar-refractivity contribution in [2.45, 2.75) is 24.9 Å². The van der Waals surface area contributed by atoms with Crippen molar-refractivity contribution in [3.63, 3.8) is 0 Å². The van der Waals surface area contributed by atoms with Gasteiger partial charge in [-0.25, -0.2) is 0 Å². The third-order valence-corrected chi connectivity index (χ3v) is 5.55. The molecule has 2 aliphatic rings. The fraction of sp³-hybridized carbons (Fsp3) is 0.583. The second-order valence-electron chi connectivity index (χ2n) is 4.68. The van der Waals surface area contributed by atoms with Crippen LogP contribution in [-0.4, -0.2) is 34.4 Å². The van der Waals surface area contributed by atoms with Crippen LogP contribution in [-0.2, 0) is 6.54 Å². The van der Waals surface area contributed by atoms with Gasteiger partial charge >= 0.3 is 0 Å².